The molecule has 0 atom stereocenters. The molecule has 0 radical (unpaired) electrons. The third-order valence-corrected chi connectivity index (χ3v) is 4.47. The summed E-state index contributed by atoms with van der Waals surface area (Å²) < 4.78 is 0. The van der Waals surface area contributed by atoms with E-state index in [0.29, 0.717) is 12.2 Å². The Labute approximate surface area is 147 Å². The summed E-state index contributed by atoms with van der Waals surface area (Å²) in [5.41, 5.74) is 4.12. The van der Waals surface area contributed by atoms with Gasteiger partial charge in [-0.2, -0.15) is 0 Å². The maximum Gasteiger partial charge on any atom is 0.234 e. The Hall–Kier alpha value is -2.27. The molecule has 0 bridgehead atoms. The Morgan fingerprint density at radius 2 is 1.75 bits per heavy atom. The smallest absolute Gasteiger partial charge is 0.234 e. The van der Waals surface area contributed by atoms with Gasteiger partial charge in [0.05, 0.1) is 12.2 Å². The molecule has 0 saturated carbocycles. The van der Waals surface area contributed by atoms with E-state index >= 15 is 0 Å². The van der Waals surface area contributed by atoms with Crippen LogP contribution in [-0.2, 0) is 21.8 Å². The zero-order chi connectivity index (χ0) is 17.4. The highest BCUT2D eigenvalue weighted by Gasteiger charge is 2.05. The summed E-state index contributed by atoms with van der Waals surface area (Å²) in [6.07, 6.45) is 0.344. The summed E-state index contributed by atoms with van der Waals surface area (Å²) in [4.78, 5) is 23.3. The number of amides is 2. The molecular weight excluding hydrogens is 320 g/mol. The van der Waals surface area contributed by atoms with Crippen LogP contribution in [0.3, 0.4) is 0 Å². The molecule has 126 valence electrons. The molecule has 0 unspecified atom stereocenters. The molecule has 24 heavy (non-hydrogen) atoms. The van der Waals surface area contributed by atoms with Crippen LogP contribution in [-0.4, -0.2) is 24.6 Å². The minimum Gasteiger partial charge on any atom is -0.359 e. The maximum absolute atomic E-state index is 12.0. The fourth-order valence-electron chi connectivity index (χ4n) is 2.24. The number of carbonyl (C=O) groups excluding carboxylic acids is 2. The van der Waals surface area contributed by atoms with E-state index in [-0.39, 0.29) is 11.8 Å². The lowest BCUT2D eigenvalue weighted by Gasteiger charge is -2.07. The SMILES string of the molecule is CNC(=O)Cc1ccc(NC(=O)CSCc2cccc(C)c2)cc1. The second-order valence-electron chi connectivity index (χ2n) is 5.58. The van der Waals surface area contributed by atoms with Crippen molar-refractivity contribution < 1.29 is 9.59 Å². The average Bonchev–Trinajstić information content (AvgIpc) is 2.56. The van der Waals surface area contributed by atoms with Crippen molar-refractivity contribution in [1.29, 1.82) is 0 Å². The first-order valence-corrected chi connectivity index (χ1v) is 8.95. The number of hydrogen-bond donors (Lipinski definition) is 2. The van der Waals surface area contributed by atoms with E-state index in [4.69, 9.17) is 0 Å². The fourth-order valence-corrected chi connectivity index (χ4v) is 3.02. The fraction of sp³-hybridized carbons (Fsp3) is 0.263. The monoisotopic (exact) mass is 342 g/mol. The number of benzene rings is 2. The Morgan fingerprint density at radius 1 is 1.00 bits per heavy atom. The van der Waals surface area contributed by atoms with Crippen LogP contribution in [0.15, 0.2) is 48.5 Å². The van der Waals surface area contributed by atoms with Gasteiger partial charge in [0.1, 0.15) is 0 Å². The maximum atomic E-state index is 12.0. The van der Waals surface area contributed by atoms with E-state index in [9.17, 15) is 9.59 Å². The molecule has 0 aliphatic rings. The summed E-state index contributed by atoms with van der Waals surface area (Å²) >= 11 is 1.59. The second kappa shape index (κ2) is 9.13. The molecule has 2 amide bonds. The lowest BCUT2D eigenvalue weighted by molar-refractivity contribution is -0.120. The minimum atomic E-state index is -0.0284. The molecule has 0 saturated heterocycles. The molecule has 0 aromatic heterocycles. The summed E-state index contributed by atoms with van der Waals surface area (Å²) in [6, 6.07) is 15.7. The van der Waals surface area contributed by atoms with Gasteiger partial charge in [0.15, 0.2) is 0 Å². The van der Waals surface area contributed by atoms with Crippen molar-refractivity contribution in [3.8, 4) is 0 Å². The van der Waals surface area contributed by atoms with Gasteiger partial charge in [-0.05, 0) is 30.2 Å². The van der Waals surface area contributed by atoms with Crippen LogP contribution in [0.4, 0.5) is 5.69 Å². The van der Waals surface area contributed by atoms with Crippen molar-refractivity contribution in [2.75, 3.05) is 18.1 Å². The van der Waals surface area contributed by atoms with Gasteiger partial charge in [-0.15, -0.1) is 11.8 Å². The van der Waals surface area contributed by atoms with Gasteiger partial charge >= 0.3 is 0 Å². The molecule has 5 heteroatoms. The predicted octanol–water partition coefficient (Wildman–Crippen LogP) is 3.16. The van der Waals surface area contributed by atoms with Gasteiger partial charge in [0.25, 0.3) is 0 Å². The number of thioether (sulfide) groups is 1. The van der Waals surface area contributed by atoms with Crippen LogP contribution in [0.2, 0.25) is 0 Å². The van der Waals surface area contributed by atoms with Crippen LogP contribution in [0.25, 0.3) is 0 Å². The van der Waals surface area contributed by atoms with Gasteiger partial charge < -0.3 is 10.6 Å². The molecule has 2 rings (SSSR count). The molecule has 2 N–H and O–H groups in total. The van der Waals surface area contributed by atoms with Gasteiger partial charge in [-0.3, -0.25) is 9.59 Å². The second-order valence-corrected chi connectivity index (χ2v) is 6.56. The lowest BCUT2D eigenvalue weighted by atomic mass is 10.1. The van der Waals surface area contributed by atoms with E-state index in [1.807, 2.05) is 30.3 Å². The first-order valence-electron chi connectivity index (χ1n) is 7.79. The van der Waals surface area contributed by atoms with Gasteiger partial charge in [-0.25, -0.2) is 0 Å². The molecule has 0 fully saturated rings. The van der Waals surface area contributed by atoms with Crippen molar-refractivity contribution in [3.63, 3.8) is 0 Å². The third-order valence-electron chi connectivity index (χ3n) is 3.47. The molecule has 2 aromatic carbocycles. The molecular formula is C19H22N2O2S. The molecule has 0 aliphatic carbocycles. The van der Waals surface area contributed by atoms with Crippen LogP contribution in [0.1, 0.15) is 16.7 Å². The Morgan fingerprint density at radius 3 is 2.42 bits per heavy atom. The minimum absolute atomic E-state index is 0.0216. The highest BCUT2D eigenvalue weighted by Crippen LogP contribution is 2.15. The highest BCUT2D eigenvalue weighted by molar-refractivity contribution is 7.99. The predicted molar refractivity (Wildman–Crippen MR) is 100 cm³/mol. The number of likely N-dealkylation sites (N-methyl/N-ethyl adjacent to an activating group) is 1. The zero-order valence-corrected chi connectivity index (χ0v) is 14.8. The molecule has 0 aliphatic heterocycles. The number of hydrogen-bond acceptors (Lipinski definition) is 3. The summed E-state index contributed by atoms with van der Waals surface area (Å²) in [5, 5.41) is 5.46. The largest absolute Gasteiger partial charge is 0.359 e. The normalized spacial score (nSPS) is 10.2. The van der Waals surface area contributed by atoms with Crippen LogP contribution < -0.4 is 10.6 Å². The lowest BCUT2D eigenvalue weighted by Crippen LogP contribution is -2.20. The van der Waals surface area contributed by atoms with Crippen molar-refractivity contribution in [2.45, 2.75) is 19.1 Å². The number of rotatable bonds is 7. The Balaban J connectivity index is 1.76. The molecule has 4 nitrogen and oxygen atoms in total. The third kappa shape index (κ3) is 6.08. The number of carbonyl (C=O) groups is 2. The number of aryl methyl sites for hydroxylation is 1. The van der Waals surface area contributed by atoms with E-state index in [2.05, 4.69) is 35.8 Å². The Kier molecular flexibility index (Phi) is 6.88. The van der Waals surface area contributed by atoms with Crippen molar-refractivity contribution in [3.05, 3.63) is 65.2 Å². The molecule has 2 aromatic rings. The van der Waals surface area contributed by atoms with Crippen LogP contribution >= 0.6 is 11.8 Å². The van der Waals surface area contributed by atoms with Gasteiger partial charge in [-0.1, -0.05) is 42.0 Å². The summed E-state index contributed by atoms with van der Waals surface area (Å²) in [5.74, 6) is 1.18. The molecule has 0 spiro atoms. The van der Waals surface area contributed by atoms with Crippen LogP contribution in [0.5, 0.6) is 0 Å². The Bertz CT molecular complexity index is 699. The quantitative estimate of drug-likeness (QED) is 0.813. The summed E-state index contributed by atoms with van der Waals surface area (Å²) in [6.45, 7) is 2.06. The van der Waals surface area contributed by atoms with E-state index in [0.717, 1.165) is 17.0 Å². The van der Waals surface area contributed by atoms with Crippen molar-refractivity contribution in [1.82, 2.24) is 5.32 Å². The average molecular weight is 342 g/mol. The van der Waals surface area contributed by atoms with E-state index in [1.54, 1.807) is 18.8 Å². The molecule has 0 heterocycles. The van der Waals surface area contributed by atoms with Crippen molar-refractivity contribution in [2.24, 2.45) is 0 Å². The summed E-state index contributed by atoms with van der Waals surface area (Å²) in [7, 11) is 1.62. The van der Waals surface area contributed by atoms with E-state index < -0.39 is 0 Å². The first kappa shape index (κ1) is 18.1. The van der Waals surface area contributed by atoms with Crippen molar-refractivity contribution >= 4 is 29.3 Å². The number of anilines is 1. The van der Waals surface area contributed by atoms with Crippen LogP contribution in [0, 0.1) is 6.92 Å². The van der Waals surface area contributed by atoms with Gasteiger partial charge in [0.2, 0.25) is 11.8 Å². The van der Waals surface area contributed by atoms with Gasteiger partial charge in [0, 0.05) is 18.5 Å². The highest BCUT2D eigenvalue weighted by atomic mass is 32.2. The topological polar surface area (TPSA) is 58.2 Å². The standard InChI is InChI=1S/C19H22N2O2S/c1-14-4-3-5-16(10-14)12-24-13-19(23)21-17-8-6-15(7-9-17)11-18(22)20-2/h3-10H,11-13H2,1-2H3,(H,20,22)(H,21,23). The van der Waals surface area contributed by atoms with E-state index in [1.165, 1.54) is 11.1 Å². The first-order chi connectivity index (χ1) is 11.6. The zero-order valence-electron chi connectivity index (χ0n) is 14.0. The number of nitrogens with one attached hydrogen (secondary N) is 2.